The molecule has 0 unspecified atom stereocenters. The van der Waals surface area contributed by atoms with E-state index in [0.717, 1.165) is 5.39 Å². The van der Waals surface area contributed by atoms with Gasteiger partial charge in [0.05, 0.1) is 29.5 Å². The largest absolute Gasteiger partial charge is 0.391 e. The van der Waals surface area contributed by atoms with Crippen LogP contribution in [0.1, 0.15) is 44.5 Å². The zero-order valence-electron chi connectivity index (χ0n) is 20.4. The number of hydrogen-bond acceptors (Lipinski definition) is 8. The first-order chi connectivity index (χ1) is 16.5. The lowest BCUT2D eigenvalue weighted by atomic mass is 10.0. The third-order valence-corrected chi connectivity index (χ3v) is 5.89. The van der Waals surface area contributed by atoms with Crippen LogP contribution in [0.3, 0.4) is 0 Å². The Bertz CT molecular complexity index is 1210. The van der Waals surface area contributed by atoms with Crippen molar-refractivity contribution in [2.45, 2.75) is 58.0 Å². The molecular formula is C24H32FN7O3. The summed E-state index contributed by atoms with van der Waals surface area (Å²) in [5.41, 5.74) is -0.0946. The summed E-state index contributed by atoms with van der Waals surface area (Å²) in [6.45, 7) is 7.46. The quantitative estimate of drug-likeness (QED) is 0.382. The lowest BCUT2D eigenvalue weighted by Crippen LogP contribution is -2.42. The number of carbonyl (C=O) groups is 1. The van der Waals surface area contributed by atoms with Crippen molar-refractivity contribution in [3.8, 4) is 5.82 Å². The second-order valence-corrected chi connectivity index (χ2v) is 9.74. The number of anilines is 2. The van der Waals surface area contributed by atoms with Crippen molar-refractivity contribution in [2.24, 2.45) is 0 Å². The maximum absolute atomic E-state index is 14.1. The molecule has 4 heterocycles. The average molecular weight is 486 g/mol. The highest BCUT2D eigenvalue weighted by Crippen LogP contribution is 2.25. The van der Waals surface area contributed by atoms with Crippen LogP contribution in [0.15, 0.2) is 30.7 Å². The number of amides is 1. The highest BCUT2D eigenvalue weighted by atomic mass is 19.1. The van der Waals surface area contributed by atoms with Gasteiger partial charge in [-0.05, 0) is 40.2 Å². The van der Waals surface area contributed by atoms with E-state index in [1.165, 1.54) is 20.0 Å². The van der Waals surface area contributed by atoms with Crippen molar-refractivity contribution in [1.29, 1.82) is 0 Å². The molecule has 35 heavy (non-hydrogen) atoms. The Morgan fingerprint density at radius 1 is 1.31 bits per heavy atom. The minimum absolute atomic E-state index is 0.0269. The van der Waals surface area contributed by atoms with E-state index in [-0.39, 0.29) is 24.3 Å². The zero-order valence-corrected chi connectivity index (χ0v) is 20.4. The molecule has 0 radical (unpaired) electrons. The number of hydrogen-bond donors (Lipinski definition) is 4. The van der Waals surface area contributed by atoms with Gasteiger partial charge in [0.15, 0.2) is 5.65 Å². The first-order valence-corrected chi connectivity index (χ1v) is 11.7. The minimum atomic E-state index is -1.61. The molecular weight excluding hydrogens is 453 g/mol. The van der Waals surface area contributed by atoms with Crippen LogP contribution in [-0.4, -0.2) is 79.2 Å². The molecule has 0 spiro atoms. The van der Waals surface area contributed by atoms with Gasteiger partial charge in [-0.3, -0.25) is 9.36 Å². The topological polar surface area (TPSA) is 128 Å². The Morgan fingerprint density at radius 2 is 2.09 bits per heavy atom. The highest BCUT2D eigenvalue weighted by molar-refractivity contribution is 5.99. The van der Waals surface area contributed by atoms with Gasteiger partial charge < -0.3 is 25.7 Å². The van der Waals surface area contributed by atoms with Crippen LogP contribution in [0.4, 0.5) is 16.0 Å². The Labute approximate surface area is 203 Å². The number of aliphatic hydroxyl groups excluding tert-OH is 1. The van der Waals surface area contributed by atoms with Crippen molar-refractivity contribution in [1.82, 2.24) is 24.8 Å². The average Bonchev–Trinajstić information content (AvgIpc) is 3.41. The van der Waals surface area contributed by atoms with E-state index in [1.54, 1.807) is 12.3 Å². The summed E-state index contributed by atoms with van der Waals surface area (Å²) in [4.78, 5) is 28.4. The van der Waals surface area contributed by atoms with Crippen molar-refractivity contribution in [2.75, 3.05) is 29.9 Å². The number of rotatable bonds is 8. The fourth-order valence-corrected chi connectivity index (χ4v) is 3.88. The van der Waals surface area contributed by atoms with Crippen LogP contribution >= 0.6 is 0 Å². The molecule has 4 rings (SSSR count). The van der Waals surface area contributed by atoms with Gasteiger partial charge >= 0.3 is 0 Å². The molecule has 1 aliphatic rings. The van der Waals surface area contributed by atoms with Crippen molar-refractivity contribution < 1.29 is 19.4 Å². The van der Waals surface area contributed by atoms with E-state index in [4.69, 9.17) is 4.98 Å². The normalized spacial score (nSPS) is 17.3. The van der Waals surface area contributed by atoms with E-state index in [9.17, 15) is 19.4 Å². The molecule has 3 aromatic rings. The van der Waals surface area contributed by atoms with E-state index in [2.05, 4.69) is 20.6 Å². The summed E-state index contributed by atoms with van der Waals surface area (Å²) in [7, 11) is 0. The number of aromatic nitrogens is 4. The van der Waals surface area contributed by atoms with Crippen LogP contribution in [0.5, 0.6) is 0 Å². The van der Waals surface area contributed by atoms with Crippen LogP contribution in [0.2, 0.25) is 0 Å². The summed E-state index contributed by atoms with van der Waals surface area (Å²) in [5, 5.41) is 26.3. The van der Waals surface area contributed by atoms with Crippen LogP contribution < -0.4 is 15.5 Å². The van der Waals surface area contributed by atoms with Crippen LogP contribution in [-0.2, 0) is 0 Å². The van der Waals surface area contributed by atoms with Crippen molar-refractivity contribution >= 4 is 28.6 Å². The molecule has 1 aliphatic heterocycles. The van der Waals surface area contributed by atoms with E-state index in [1.807, 2.05) is 35.6 Å². The number of pyridine rings is 1. The monoisotopic (exact) mass is 485 g/mol. The van der Waals surface area contributed by atoms with Gasteiger partial charge in [-0.2, -0.15) is 4.98 Å². The number of nitrogens with zero attached hydrogens (tertiary/aromatic N) is 5. The van der Waals surface area contributed by atoms with E-state index >= 15 is 0 Å². The molecule has 1 amide bonds. The minimum Gasteiger partial charge on any atom is -0.391 e. The molecule has 4 N–H and O–H groups in total. The molecule has 1 fully saturated rings. The maximum atomic E-state index is 14.1. The van der Waals surface area contributed by atoms with Gasteiger partial charge in [-0.15, -0.1) is 0 Å². The second kappa shape index (κ2) is 9.74. The van der Waals surface area contributed by atoms with Crippen molar-refractivity contribution in [3.63, 3.8) is 0 Å². The Balaban J connectivity index is 1.64. The van der Waals surface area contributed by atoms with Crippen molar-refractivity contribution in [3.05, 3.63) is 36.3 Å². The third kappa shape index (κ3) is 5.51. The summed E-state index contributed by atoms with van der Waals surface area (Å²) in [6.07, 6.45) is 3.69. The molecule has 0 bridgehead atoms. The molecule has 188 valence electrons. The van der Waals surface area contributed by atoms with Crippen LogP contribution in [0.25, 0.3) is 16.9 Å². The molecule has 2 atom stereocenters. The molecule has 11 heteroatoms. The molecule has 0 saturated carbocycles. The number of carbonyl (C=O) groups excluding carboxylic acids is 1. The summed E-state index contributed by atoms with van der Waals surface area (Å²) in [5.74, 6) is 0.595. The molecule has 10 nitrogen and oxygen atoms in total. The Hall–Kier alpha value is -3.31. The predicted octanol–water partition coefficient (Wildman–Crippen LogP) is 2.05. The Morgan fingerprint density at radius 3 is 2.74 bits per heavy atom. The van der Waals surface area contributed by atoms with E-state index < -0.39 is 17.7 Å². The maximum Gasteiger partial charge on any atom is 0.255 e. The van der Waals surface area contributed by atoms with Gasteiger partial charge in [-0.25, -0.2) is 14.4 Å². The lowest BCUT2D eigenvalue weighted by Gasteiger charge is -2.23. The molecule has 3 aromatic heterocycles. The Kier molecular flexibility index (Phi) is 6.91. The zero-order chi connectivity index (χ0) is 25.3. The van der Waals surface area contributed by atoms with Crippen LogP contribution in [0, 0.1) is 0 Å². The van der Waals surface area contributed by atoms with Gasteiger partial charge in [0.1, 0.15) is 12.0 Å². The number of fused-ring (bicyclic) bond motifs is 1. The molecule has 0 aromatic carbocycles. The number of alkyl halides is 1. The number of aliphatic hydroxyl groups is 2. The van der Waals surface area contributed by atoms with E-state index in [0.29, 0.717) is 42.6 Å². The standard InChI is InChI=1S/C24H32FN7O3/c1-14(2)29-18-9-20(26-11-17(18)22(34)27-12-19(25)24(3,4)35)32-8-5-15-10-28-23(30-21(15)32)31-7-6-16(33)13-31/h5,8-11,14,16,19,33,35H,6-7,12-13H2,1-4H3,(H,26,29)(H,27,34)/t16-,19-/m1/s1. The SMILES string of the molecule is CC(C)Nc1cc(-n2ccc3cnc(N4CC[C@@H](O)C4)nc32)ncc1C(=O)NC[C@@H](F)C(C)(C)O. The number of halogens is 1. The first-order valence-electron chi connectivity index (χ1n) is 11.7. The summed E-state index contributed by atoms with van der Waals surface area (Å²) >= 11 is 0. The fraction of sp³-hybridized carbons (Fsp3) is 0.500. The third-order valence-electron chi connectivity index (χ3n) is 5.89. The predicted molar refractivity (Wildman–Crippen MR) is 132 cm³/mol. The summed E-state index contributed by atoms with van der Waals surface area (Å²) < 4.78 is 15.9. The summed E-state index contributed by atoms with van der Waals surface area (Å²) in [6, 6.07) is 3.66. The number of nitrogens with one attached hydrogen (secondary N) is 2. The van der Waals surface area contributed by atoms with Gasteiger partial charge in [0, 0.05) is 49.2 Å². The lowest BCUT2D eigenvalue weighted by molar-refractivity contribution is -0.00177. The fourth-order valence-electron chi connectivity index (χ4n) is 3.88. The smallest absolute Gasteiger partial charge is 0.255 e. The molecule has 1 saturated heterocycles. The highest BCUT2D eigenvalue weighted by Gasteiger charge is 2.27. The first kappa shape index (κ1) is 24.8. The second-order valence-electron chi connectivity index (χ2n) is 9.74. The van der Waals surface area contributed by atoms with Gasteiger partial charge in [-0.1, -0.05) is 0 Å². The van der Waals surface area contributed by atoms with Gasteiger partial charge in [0.25, 0.3) is 5.91 Å². The number of β-amino-alcohol motifs (C(OH)–C–C–N with tert-alkyl or cyclic N) is 1. The molecule has 0 aliphatic carbocycles. The van der Waals surface area contributed by atoms with Gasteiger partial charge in [0.2, 0.25) is 5.95 Å².